The quantitative estimate of drug-likeness (QED) is 0.450. The van der Waals surface area contributed by atoms with Crippen LogP contribution in [0, 0.1) is 12.7 Å². The molecule has 6 rings (SSSR count). The largest absolute Gasteiger partial charge is 0.421 e. The van der Waals surface area contributed by atoms with E-state index in [4.69, 9.17) is 9.72 Å². The van der Waals surface area contributed by atoms with Crippen molar-refractivity contribution in [2.45, 2.75) is 25.3 Å². The molecule has 0 atom stereocenters. The summed E-state index contributed by atoms with van der Waals surface area (Å²) in [6.07, 6.45) is 5.49. The first-order valence-corrected chi connectivity index (χ1v) is 10.7. The van der Waals surface area contributed by atoms with Gasteiger partial charge in [0.2, 0.25) is 0 Å². The van der Waals surface area contributed by atoms with Gasteiger partial charge in [0, 0.05) is 37.6 Å². The van der Waals surface area contributed by atoms with Gasteiger partial charge in [0.15, 0.2) is 5.75 Å². The van der Waals surface area contributed by atoms with Gasteiger partial charge in [0.05, 0.1) is 29.0 Å². The normalized spacial score (nSPS) is 17.3. The summed E-state index contributed by atoms with van der Waals surface area (Å²) in [4.78, 5) is 23.3. The Balaban J connectivity index is 1.54. The third-order valence-electron chi connectivity index (χ3n) is 6.25. The van der Waals surface area contributed by atoms with Crippen LogP contribution >= 0.6 is 0 Å². The predicted octanol–water partition coefficient (Wildman–Crippen LogP) is 3.12. The molecule has 2 fully saturated rings. The first-order chi connectivity index (χ1) is 15.5. The van der Waals surface area contributed by atoms with Crippen LogP contribution in [0.2, 0.25) is 0 Å². The highest BCUT2D eigenvalue weighted by Gasteiger charge is 2.46. The summed E-state index contributed by atoms with van der Waals surface area (Å²) < 4.78 is 20.4. The Bertz CT molecular complexity index is 1330. The van der Waals surface area contributed by atoms with Crippen molar-refractivity contribution in [2.75, 3.05) is 36.9 Å². The highest BCUT2D eigenvalue weighted by molar-refractivity contribution is 6.14. The summed E-state index contributed by atoms with van der Waals surface area (Å²) in [5.41, 5.74) is 2.19. The highest BCUT2D eigenvalue weighted by atomic mass is 19.1. The van der Waals surface area contributed by atoms with Crippen LogP contribution in [0.5, 0.6) is 11.8 Å². The van der Waals surface area contributed by atoms with Crippen molar-refractivity contribution in [1.82, 2.24) is 30.2 Å². The van der Waals surface area contributed by atoms with Crippen LogP contribution < -0.4 is 20.3 Å². The van der Waals surface area contributed by atoms with Gasteiger partial charge in [0.25, 0.3) is 0 Å². The van der Waals surface area contributed by atoms with Crippen LogP contribution in [0.15, 0.2) is 24.5 Å². The minimum atomic E-state index is -0.315. The van der Waals surface area contributed by atoms with Crippen LogP contribution in [0.4, 0.5) is 15.9 Å². The predicted molar refractivity (Wildman–Crippen MR) is 120 cm³/mol. The fourth-order valence-corrected chi connectivity index (χ4v) is 4.46. The lowest BCUT2D eigenvalue weighted by molar-refractivity contribution is 0.427. The number of rotatable bonds is 4. The van der Waals surface area contributed by atoms with E-state index >= 15 is 0 Å². The summed E-state index contributed by atoms with van der Waals surface area (Å²) in [7, 11) is 1.77. The second-order valence-corrected chi connectivity index (χ2v) is 8.50. The van der Waals surface area contributed by atoms with Crippen LogP contribution in [-0.2, 0) is 0 Å². The number of benzene rings is 1. The Morgan fingerprint density at radius 3 is 2.75 bits per heavy atom. The fraction of sp³-hybridized carbons (Fsp3) is 0.364. The number of H-pyrrole nitrogens is 1. The second-order valence-electron chi connectivity index (χ2n) is 8.50. The molecule has 1 aliphatic heterocycles. The molecule has 0 bridgehead atoms. The Hall–Kier alpha value is -3.53. The maximum absolute atomic E-state index is 14.4. The number of nitrogens with zero attached hydrogens (tertiary/aromatic N) is 5. The Morgan fingerprint density at radius 1 is 1.19 bits per heavy atom. The van der Waals surface area contributed by atoms with Gasteiger partial charge in [-0.15, -0.1) is 0 Å². The molecule has 1 saturated heterocycles. The fourth-order valence-electron chi connectivity index (χ4n) is 4.46. The third-order valence-corrected chi connectivity index (χ3v) is 6.25. The first-order valence-electron chi connectivity index (χ1n) is 10.7. The summed E-state index contributed by atoms with van der Waals surface area (Å²) >= 11 is 0. The van der Waals surface area contributed by atoms with Crippen molar-refractivity contribution in [2.24, 2.45) is 0 Å². The molecule has 1 aromatic carbocycles. The topological polar surface area (TPSA) is 104 Å². The van der Waals surface area contributed by atoms with Gasteiger partial charge in [-0.3, -0.25) is 0 Å². The number of aromatic nitrogens is 5. The molecule has 4 heterocycles. The monoisotopic (exact) mass is 434 g/mol. The Morgan fingerprint density at radius 2 is 2.00 bits per heavy atom. The molecule has 9 nitrogen and oxygen atoms in total. The molecule has 1 spiro atoms. The van der Waals surface area contributed by atoms with Crippen molar-refractivity contribution in [1.29, 1.82) is 0 Å². The molecule has 164 valence electrons. The maximum atomic E-state index is 14.4. The lowest BCUT2D eigenvalue weighted by Gasteiger charge is -2.35. The molecular weight excluding hydrogens is 411 g/mol. The average Bonchev–Trinajstić information content (AvgIpc) is 3.42. The lowest BCUT2D eigenvalue weighted by atomic mass is 10.1. The van der Waals surface area contributed by atoms with Crippen molar-refractivity contribution in [3.63, 3.8) is 0 Å². The number of hydrogen-bond donors (Lipinski definition) is 3. The molecular formula is C22H23FN8O. The van der Waals surface area contributed by atoms with Gasteiger partial charge in [-0.1, -0.05) is 0 Å². The molecule has 4 aromatic rings. The summed E-state index contributed by atoms with van der Waals surface area (Å²) in [5.74, 6) is 1.54. The second kappa shape index (κ2) is 6.99. The maximum Gasteiger partial charge on any atom is 0.326 e. The number of anilines is 2. The lowest BCUT2D eigenvalue weighted by Crippen LogP contribution is -2.52. The molecule has 10 heteroatoms. The third kappa shape index (κ3) is 3.18. The van der Waals surface area contributed by atoms with Crippen molar-refractivity contribution < 1.29 is 9.13 Å². The highest BCUT2D eigenvalue weighted by Crippen LogP contribution is 2.42. The van der Waals surface area contributed by atoms with E-state index < -0.39 is 0 Å². The van der Waals surface area contributed by atoms with Gasteiger partial charge in [0.1, 0.15) is 23.1 Å². The smallest absolute Gasteiger partial charge is 0.326 e. The van der Waals surface area contributed by atoms with Crippen LogP contribution in [0.25, 0.3) is 21.9 Å². The van der Waals surface area contributed by atoms with E-state index in [9.17, 15) is 4.39 Å². The van der Waals surface area contributed by atoms with E-state index in [1.807, 2.05) is 6.92 Å². The van der Waals surface area contributed by atoms with E-state index in [1.54, 1.807) is 19.4 Å². The van der Waals surface area contributed by atoms with Crippen molar-refractivity contribution >= 4 is 33.4 Å². The molecule has 0 unspecified atom stereocenters. The molecule has 2 aliphatic rings. The van der Waals surface area contributed by atoms with E-state index in [0.29, 0.717) is 22.9 Å². The van der Waals surface area contributed by atoms with Gasteiger partial charge >= 0.3 is 6.01 Å². The average molecular weight is 434 g/mol. The van der Waals surface area contributed by atoms with Crippen LogP contribution in [0.3, 0.4) is 0 Å². The molecule has 0 radical (unpaired) electrons. The number of piperazine rings is 1. The van der Waals surface area contributed by atoms with Gasteiger partial charge in [-0.2, -0.15) is 9.97 Å². The minimum Gasteiger partial charge on any atom is -0.421 e. The van der Waals surface area contributed by atoms with Gasteiger partial charge < -0.3 is 25.3 Å². The van der Waals surface area contributed by atoms with E-state index in [0.717, 1.165) is 54.6 Å². The molecule has 0 amide bonds. The summed E-state index contributed by atoms with van der Waals surface area (Å²) in [6.45, 7) is 4.31. The zero-order valence-corrected chi connectivity index (χ0v) is 17.9. The zero-order valence-electron chi connectivity index (χ0n) is 17.9. The summed E-state index contributed by atoms with van der Waals surface area (Å²) in [5, 5.41) is 8.22. The first kappa shape index (κ1) is 19.2. The van der Waals surface area contributed by atoms with Crippen molar-refractivity contribution in [3.8, 4) is 11.8 Å². The zero-order chi connectivity index (χ0) is 21.9. The van der Waals surface area contributed by atoms with Crippen molar-refractivity contribution in [3.05, 3.63) is 36.2 Å². The number of halogens is 1. The number of nitrogens with one attached hydrogen (secondary N) is 3. The number of fused-ring (bicyclic) bond motifs is 3. The number of aryl methyl sites for hydroxylation is 1. The standard InChI is InChI=1S/C22H23FN8O/c1-12-25-9-14(10-26-12)32-21-29-19-17(15-7-13(23)8-16(24-2)18(15)28-19)20(30-21)31-6-5-27-22(11-31)3-4-22/h7-10,24,27H,3-6,11H2,1-2H3,(H,28,29,30). The summed E-state index contributed by atoms with van der Waals surface area (Å²) in [6, 6.07) is 3.20. The van der Waals surface area contributed by atoms with Crippen LogP contribution in [0.1, 0.15) is 18.7 Å². The number of aromatic amines is 1. The Labute approximate surface area is 183 Å². The van der Waals surface area contributed by atoms with Gasteiger partial charge in [-0.25, -0.2) is 14.4 Å². The Kier molecular flexibility index (Phi) is 4.19. The van der Waals surface area contributed by atoms with E-state index in [-0.39, 0.29) is 17.4 Å². The van der Waals surface area contributed by atoms with E-state index in [1.165, 1.54) is 12.1 Å². The molecule has 32 heavy (non-hydrogen) atoms. The molecule has 1 saturated carbocycles. The van der Waals surface area contributed by atoms with Crippen LogP contribution in [-0.4, -0.2) is 57.1 Å². The number of hydrogen-bond acceptors (Lipinski definition) is 8. The van der Waals surface area contributed by atoms with E-state index in [2.05, 4.69) is 35.5 Å². The number of ether oxygens (including phenoxy) is 1. The van der Waals surface area contributed by atoms with Gasteiger partial charge in [-0.05, 0) is 31.9 Å². The molecule has 1 aliphatic carbocycles. The SMILES string of the molecule is CNc1cc(F)cc2c1[nH]c1nc(Oc3cnc(C)nc3)nc(N3CCNC4(CC4)C3)c12. The molecule has 3 N–H and O–H groups in total. The minimum absolute atomic E-state index is 0.148. The molecule has 3 aromatic heterocycles.